The lowest BCUT2D eigenvalue weighted by Gasteiger charge is -2.11. The largest absolute Gasteiger partial charge is 0.421 e. The molecule has 200 valence electrons. The van der Waals surface area contributed by atoms with Crippen LogP contribution in [-0.2, 0) is 4.79 Å². The van der Waals surface area contributed by atoms with Crippen molar-refractivity contribution < 1.29 is 23.1 Å². The molecule has 11 heteroatoms. The van der Waals surface area contributed by atoms with E-state index >= 15 is 4.39 Å². The molecule has 5 aromatic rings. The predicted octanol–water partition coefficient (Wildman–Crippen LogP) is 5.53. The lowest BCUT2D eigenvalue weighted by Crippen LogP contribution is -2.12. The summed E-state index contributed by atoms with van der Waals surface area (Å²) in [7, 11) is 0. The number of anilines is 1. The quantitative estimate of drug-likeness (QED) is 0.262. The molecule has 0 aliphatic rings. The summed E-state index contributed by atoms with van der Waals surface area (Å²) in [5, 5.41) is 6.97. The van der Waals surface area contributed by atoms with E-state index in [-0.39, 0.29) is 17.3 Å². The molecule has 0 fully saturated rings. The average molecular weight is 541 g/mol. The second kappa shape index (κ2) is 10.4. The number of carbonyl (C=O) groups is 2. The highest BCUT2D eigenvalue weighted by Gasteiger charge is 2.26. The van der Waals surface area contributed by atoms with Gasteiger partial charge in [-0.15, -0.1) is 0 Å². The number of fused-ring (bicyclic) bond motifs is 1. The lowest BCUT2D eigenvalue weighted by atomic mass is 9.96. The minimum absolute atomic E-state index is 0.0111. The van der Waals surface area contributed by atoms with E-state index in [0.717, 1.165) is 0 Å². The van der Waals surface area contributed by atoms with Crippen LogP contribution in [0.3, 0.4) is 0 Å². The Labute approximate surface area is 227 Å². The summed E-state index contributed by atoms with van der Waals surface area (Å²) in [6.45, 7) is 6.53. The summed E-state index contributed by atoms with van der Waals surface area (Å²) in [5.74, 6) is -3.65. The molecule has 0 unspecified atom stereocenters. The zero-order chi connectivity index (χ0) is 28.6. The predicted molar refractivity (Wildman–Crippen MR) is 145 cm³/mol. The first-order valence-electron chi connectivity index (χ1n) is 12.0. The first-order chi connectivity index (χ1) is 19.1. The molecular formula is C29H22F2N6O3. The van der Waals surface area contributed by atoms with Crippen LogP contribution in [0, 0.1) is 19.7 Å². The van der Waals surface area contributed by atoms with E-state index in [4.69, 9.17) is 10.5 Å². The molecule has 2 aromatic carbocycles. The smallest absolute Gasteiger partial charge is 0.322 e. The van der Waals surface area contributed by atoms with Gasteiger partial charge in [0.2, 0.25) is 0 Å². The fourth-order valence-electron chi connectivity index (χ4n) is 4.25. The molecule has 2 amide bonds. The maximum absolute atomic E-state index is 15.4. The van der Waals surface area contributed by atoms with E-state index in [2.05, 4.69) is 27.0 Å². The number of hydrogen-bond donors (Lipinski definition) is 2. The van der Waals surface area contributed by atoms with Crippen molar-refractivity contribution >= 4 is 23.0 Å². The van der Waals surface area contributed by atoms with Crippen molar-refractivity contribution in [3.05, 3.63) is 102 Å². The van der Waals surface area contributed by atoms with Gasteiger partial charge in [0.1, 0.15) is 0 Å². The van der Waals surface area contributed by atoms with Gasteiger partial charge in [-0.05, 0) is 61.9 Å². The van der Waals surface area contributed by atoms with Crippen LogP contribution >= 0.6 is 0 Å². The van der Waals surface area contributed by atoms with Gasteiger partial charge in [-0.25, -0.2) is 23.3 Å². The molecule has 0 saturated heterocycles. The molecule has 3 N–H and O–H groups in total. The zero-order valence-corrected chi connectivity index (χ0v) is 21.4. The van der Waals surface area contributed by atoms with Crippen LogP contribution in [0.15, 0.2) is 79.3 Å². The van der Waals surface area contributed by atoms with Gasteiger partial charge < -0.3 is 15.8 Å². The first kappa shape index (κ1) is 26.2. The van der Waals surface area contributed by atoms with E-state index < -0.39 is 23.5 Å². The number of aryl methyl sites for hydroxylation is 2. The fourth-order valence-corrected chi connectivity index (χ4v) is 4.25. The van der Waals surface area contributed by atoms with Gasteiger partial charge in [-0.1, -0.05) is 24.8 Å². The Morgan fingerprint density at radius 2 is 1.73 bits per heavy atom. The Bertz CT molecular complexity index is 1820. The molecule has 0 aliphatic heterocycles. The number of benzene rings is 2. The zero-order valence-electron chi connectivity index (χ0n) is 21.4. The van der Waals surface area contributed by atoms with Crippen molar-refractivity contribution in [1.29, 1.82) is 0 Å². The fraction of sp³-hybridized carbons (Fsp3) is 0.0690. The van der Waals surface area contributed by atoms with E-state index in [0.29, 0.717) is 45.0 Å². The summed E-state index contributed by atoms with van der Waals surface area (Å²) < 4.78 is 35.6. The highest BCUT2D eigenvalue weighted by Crippen LogP contribution is 2.40. The van der Waals surface area contributed by atoms with Crippen LogP contribution in [0.4, 0.5) is 14.5 Å². The number of nitrogens with two attached hydrogens (primary N) is 1. The van der Waals surface area contributed by atoms with Gasteiger partial charge in [0.05, 0.1) is 22.5 Å². The highest BCUT2D eigenvalue weighted by atomic mass is 19.1. The third-order valence-electron chi connectivity index (χ3n) is 6.03. The topological polar surface area (TPSA) is 124 Å². The number of primary amides is 1. The second-order valence-corrected chi connectivity index (χ2v) is 8.90. The number of amides is 2. The van der Waals surface area contributed by atoms with Crippen LogP contribution in [-0.4, -0.2) is 31.4 Å². The summed E-state index contributed by atoms with van der Waals surface area (Å²) in [6.07, 6.45) is 1.50. The van der Waals surface area contributed by atoms with Gasteiger partial charge in [0, 0.05) is 28.7 Å². The molecule has 9 nitrogen and oxygen atoms in total. The minimum atomic E-state index is -1.13. The Morgan fingerprint density at radius 1 is 1.00 bits per heavy atom. The van der Waals surface area contributed by atoms with Gasteiger partial charge in [0.25, 0.3) is 11.8 Å². The number of ether oxygens (including phenoxy) is 1. The number of rotatable bonds is 7. The molecule has 3 aromatic heterocycles. The summed E-state index contributed by atoms with van der Waals surface area (Å²) in [6, 6.07) is 15.8. The van der Waals surface area contributed by atoms with Crippen molar-refractivity contribution in [2.24, 2.45) is 5.73 Å². The van der Waals surface area contributed by atoms with Gasteiger partial charge in [-0.2, -0.15) is 5.10 Å². The van der Waals surface area contributed by atoms with Crippen LogP contribution in [0.5, 0.6) is 11.8 Å². The van der Waals surface area contributed by atoms with Gasteiger partial charge in [0.15, 0.2) is 17.4 Å². The van der Waals surface area contributed by atoms with Gasteiger partial charge in [-0.3, -0.25) is 9.59 Å². The molecule has 40 heavy (non-hydrogen) atoms. The Balaban J connectivity index is 1.67. The van der Waals surface area contributed by atoms with Crippen LogP contribution < -0.4 is 15.8 Å². The van der Waals surface area contributed by atoms with Crippen LogP contribution in [0.1, 0.15) is 21.7 Å². The molecular weight excluding hydrogens is 518 g/mol. The summed E-state index contributed by atoms with van der Waals surface area (Å²) in [5.41, 5.74) is 9.74. The Hall–Kier alpha value is -5.45. The van der Waals surface area contributed by atoms with Crippen molar-refractivity contribution in [3.8, 4) is 34.1 Å². The molecule has 0 atom stereocenters. The average Bonchev–Trinajstić information content (AvgIpc) is 3.25. The van der Waals surface area contributed by atoms with E-state index in [1.165, 1.54) is 18.3 Å². The maximum Gasteiger partial charge on any atom is 0.322 e. The second-order valence-electron chi connectivity index (χ2n) is 8.90. The molecule has 3 heterocycles. The summed E-state index contributed by atoms with van der Waals surface area (Å²) in [4.78, 5) is 32.6. The number of halogens is 2. The maximum atomic E-state index is 15.4. The third-order valence-corrected chi connectivity index (χ3v) is 6.03. The van der Waals surface area contributed by atoms with Crippen LogP contribution in [0.2, 0.25) is 0 Å². The SMILES string of the molecule is C=C(F)C(=O)Nc1ccc(-c2c(-c3ccc(Oc4nccc(C)n4)c(F)c3)c(C(N)=O)c3ccc(C)nn23)cc1. The molecule has 5 rings (SSSR count). The number of carbonyl (C=O) groups excluding carboxylic acids is 2. The van der Waals surface area contributed by atoms with Crippen molar-refractivity contribution in [2.75, 3.05) is 5.32 Å². The highest BCUT2D eigenvalue weighted by molar-refractivity contribution is 6.10. The number of aromatic nitrogens is 4. The monoisotopic (exact) mass is 540 g/mol. The summed E-state index contributed by atoms with van der Waals surface area (Å²) >= 11 is 0. The standard InChI is InChI=1S/C29H22F2N6O3/c1-15-12-13-33-29(34-15)40-23-11-7-19(14-21(23)31)24-25(27(32)38)22-10-4-16(2)36-37(22)26(24)18-5-8-20(9-6-18)35-28(39)17(3)30/h4-14H,3H2,1-2H3,(H2,32,38)(H,35,39). The lowest BCUT2D eigenvalue weighted by molar-refractivity contribution is -0.114. The molecule has 0 bridgehead atoms. The van der Waals surface area contributed by atoms with E-state index in [9.17, 15) is 14.0 Å². The molecule has 0 spiro atoms. The normalized spacial score (nSPS) is 10.9. The third kappa shape index (κ3) is 4.99. The Kier molecular flexibility index (Phi) is 6.78. The van der Waals surface area contributed by atoms with Crippen molar-refractivity contribution in [3.63, 3.8) is 0 Å². The Morgan fingerprint density at radius 3 is 2.38 bits per heavy atom. The van der Waals surface area contributed by atoms with Crippen molar-refractivity contribution in [1.82, 2.24) is 19.6 Å². The molecule has 0 aliphatic carbocycles. The molecule has 0 saturated carbocycles. The van der Waals surface area contributed by atoms with E-state index in [1.807, 2.05) is 0 Å². The number of nitrogens with one attached hydrogen (secondary N) is 1. The van der Waals surface area contributed by atoms with Gasteiger partial charge >= 0.3 is 6.01 Å². The number of hydrogen-bond acceptors (Lipinski definition) is 6. The van der Waals surface area contributed by atoms with E-state index in [1.54, 1.807) is 66.9 Å². The number of nitrogens with zero attached hydrogens (tertiary/aromatic N) is 4. The molecule has 0 radical (unpaired) electrons. The first-order valence-corrected chi connectivity index (χ1v) is 12.0. The minimum Gasteiger partial charge on any atom is -0.421 e. The van der Waals surface area contributed by atoms with Crippen LogP contribution in [0.25, 0.3) is 27.9 Å². The van der Waals surface area contributed by atoms with Crippen molar-refractivity contribution in [2.45, 2.75) is 13.8 Å².